The molecule has 168 valence electrons. The van der Waals surface area contributed by atoms with Crippen molar-refractivity contribution in [3.8, 4) is 0 Å². The van der Waals surface area contributed by atoms with Crippen molar-refractivity contribution in [2.45, 2.75) is 58.5 Å². The van der Waals surface area contributed by atoms with Crippen molar-refractivity contribution in [1.29, 1.82) is 0 Å². The zero-order valence-corrected chi connectivity index (χ0v) is 18.2. The van der Waals surface area contributed by atoms with Gasteiger partial charge in [0.15, 0.2) is 11.6 Å². The van der Waals surface area contributed by atoms with Gasteiger partial charge in [-0.25, -0.2) is 0 Å². The minimum Gasteiger partial charge on any atom is -0.511 e. The maximum absolute atomic E-state index is 13.5. The van der Waals surface area contributed by atoms with Gasteiger partial charge in [0.2, 0.25) is 0 Å². The molecule has 2 aliphatic carbocycles. The molecule has 2 aliphatic rings. The molecule has 1 aromatic carbocycles. The average molecular weight is 457 g/mol. The molecule has 0 aliphatic heterocycles. The van der Waals surface area contributed by atoms with E-state index in [1.165, 1.54) is 12.1 Å². The summed E-state index contributed by atoms with van der Waals surface area (Å²) in [5.41, 5.74) is -2.55. The zero-order chi connectivity index (χ0) is 23.3. The van der Waals surface area contributed by atoms with E-state index in [1.54, 1.807) is 20.8 Å². The highest BCUT2D eigenvalue weighted by molar-refractivity contribution is 6.30. The molecular weight excluding hydrogens is 433 g/mol. The van der Waals surface area contributed by atoms with Crippen LogP contribution in [0.5, 0.6) is 0 Å². The van der Waals surface area contributed by atoms with E-state index in [0.717, 1.165) is 6.07 Å². The number of benzene rings is 1. The topological polar surface area (TPSA) is 74.6 Å². The fourth-order valence-electron chi connectivity index (χ4n) is 4.59. The van der Waals surface area contributed by atoms with Gasteiger partial charge in [0, 0.05) is 16.5 Å². The second kappa shape index (κ2) is 8.01. The number of allylic oxidation sites excluding steroid dienone is 3. The minimum absolute atomic E-state index is 0.0510. The molecular formula is C23H24ClF3O4. The lowest BCUT2D eigenvalue weighted by Crippen LogP contribution is -2.40. The Morgan fingerprint density at radius 1 is 1.19 bits per heavy atom. The van der Waals surface area contributed by atoms with E-state index in [-0.39, 0.29) is 47.6 Å². The van der Waals surface area contributed by atoms with Gasteiger partial charge in [-0.2, -0.15) is 13.2 Å². The summed E-state index contributed by atoms with van der Waals surface area (Å²) >= 11 is 5.73. The third kappa shape index (κ3) is 3.67. The molecule has 1 aromatic rings. The largest absolute Gasteiger partial charge is 0.511 e. The van der Waals surface area contributed by atoms with Gasteiger partial charge in [0.1, 0.15) is 17.1 Å². The van der Waals surface area contributed by atoms with Crippen LogP contribution < -0.4 is 0 Å². The van der Waals surface area contributed by atoms with E-state index in [9.17, 15) is 33.0 Å². The average Bonchev–Trinajstić information content (AvgIpc) is 3.49. The number of hydrogen-bond acceptors (Lipinski definition) is 4. The summed E-state index contributed by atoms with van der Waals surface area (Å²) in [7, 11) is 0. The summed E-state index contributed by atoms with van der Waals surface area (Å²) in [6.07, 6.45) is -3.85. The molecule has 3 rings (SSSR count). The van der Waals surface area contributed by atoms with E-state index >= 15 is 0 Å². The molecule has 1 fully saturated rings. The van der Waals surface area contributed by atoms with Crippen LogP contribution >= 0.6 is 11.6 Å². The van der Waals surface area contributed by atoms with Crippen LogP contribution in [-0.4, -0.2) is 21.8 Å². The molecule has 2 N–H and O–H groups in total. The first-order chi connectivity index (χ1) is 14.4. The molecule has 0 saturated heterocycles. The Kier molecular flexibility index (Phi) is 6.04. The van der Waals surface area contributed by atoms with E-state index in [2.05, 4.69) is 0 Å². The second-order valence-electron chi connectivity index (χ2n) is 8.06. The van der Waals surface area contributed by atoms with Crippen LogP contribution in [0.1, 0.15) is 63.5 Å². The third-order valence-corrected chi connectivity index (χ3v) is 6.81. The molecule has 0 spiro atoms. The van der Waals surface area contributed by atoms with Gasteiger partial charge in [-0.05, 0) is 49.3 Å². The first-order valence-corrected chi connectivity index (χ1v) is 10.6. The molecule has 4 nitrogen and oxygen atoms in total. The standard InChI is InChI=1S/C23H24ClF3O4/c1-4-12-18(28)17(21(31)22(5-2,6-3)20(12)30)19(29)15-10-14(15)13-8-7-11(24)9-16(13)23(25,26)27/h7-9,14-15,28,30H,4-6,10H2,1-3H3/t14-,15?/m1/s1. The van der Waals surface area contributed by atoms with E-state index in [1.807, 2.05) is 0 Å². The summed E-state index contributed by atoms with van der Waals surface area (Å²) in [4.78, 5) is 26.5. The van der Waals surface area contributed by atoms with Crippen LogP contribution in [0, 0.1) is 11.3 Å². The number of carbonyl (C=O) groups excluding carboxylic acids is 2. The molecule has 8 heteroatoms. The molecule has 0 aromatic heterocycles. The number of halogens is 4. The van der Waals surface area contributed by atoms with Crippen LogP contribution in [0.15, 0.2) is 40.9 Å². The Morgan fingerprint density at radius 2 is 1.81 bits per heavy atom. The molecule has 1 saturated carbocycles. The number of alkyl halides is 3. The highest BCUT2D eigenvalue weighted by Gasteiger charge is 2.54. The van der Waals surface area contributed by atoms with E-state index < -0.39 is 51.9 Å². The molecule has 0 heterocycles. The summed E-state index contributed by atoms with van der Waals surface area (Å²) in [5, 5.41) is 21.2. The monoisotopic (exact) mass is 456 g/mol. The number of Topliss-reactive ketones (excluding diaryl/α,β-unsaturated/α-hetero) is 2. The highest BCUT2D eigenvalue weighted by atomic mass is 35.5. The first kappa shape index (κ1) is 23.4. The first-order valence-electron chi connectivity index (χ1n) is 10.3. The van der Waals surface area contributed by atoms with Gasteiger partial charge in [-0.15, -0.1) is 0 Å². The van der Waals surface area contributed by atoms with Gasteiger partial charge in [0.25, 0.3) is 0 Å². The van der Waals surface area contributed by atoms with E-state index in [0.29, 0.717) is 0 Å². The van der Waals surface area contributed by atoms with Gasteiger partial charge in [-0.1, -0.05) is 38.4 Å². The predicted molar refractivity (Wildman–Crippen MR) is 110 cm³/mol. The van der Waals surface area contributed by atoms with Crippen molar-refractivity contribution in [1.82, 2.24) is 0 Å². The van der Waals surface area contributed by atoms with Crippen molar-refractivity contribution in [3.63, 3.8) is 0 Å². The summed E-state index contributed by atoms with van der Waals surface area (Å²) in [6, 6.07) is 3.42. The number of aliphatic hydroxyl groups excluding tert-OH is 2. The Hall–Kier alpha value is -2.28. The maximum atomic E-state index is 13.5. The lowest BCUT2D eigenvalue weighted by atomic mass is 9.67. The van der Waals surface area contributed by atoms with Crippen molar-refractivity contribution in [3.05, 3.63) is 57.0 Å². The quantitative estimate of drug-likeness (QED) is 0.482. The van der Waals surface area contributed by atoms with Gasteiger partial charge < -0.3 is 10.2 Å². The van der Waals surface area contributed by atoms with Crippen LogP contribution in [0.25, 0.3) is 0 Å². The summed E-state index contributed by atoms with van der Waals surface area (Å²) in [6.45, 7) is 5.09. The number of aliphatic hydroxyl groups is 2. The fraction of sp³-hybridized carbons (Fsp3) is 0.478. The second-order valence-corrected chi connectivity index (χ2v) is 8.50. The van der Waals surface area contributed by atoms with Crippen molar-refractivity contribution in [2.24, 2.45) is 11.3 Å². The van der Waals surface area contributed by atoms with Gasteiger partial charge >= 0.3 is 6.18 Å². The van der Waals surface area contributed by atoms with Crippen LogP contribution in [0.4, 0.5) is 13.2 Å². The Morgan fingerprint density at radius 3 is 2.32 bits per heavy atom. The van der Waals surface area contributed by atoms with Crippen molar-refractivity contribution >= 4 is 23.2 Å². The van der Waals surface area contributed by atoms with Crippen molar-refractivity contribution < 1.29 is 33.0 Å². The Labute approximate surface area is 183 Å². The summed E-state index contributed by atoms with van der Waals surface area (Å²) in [5.74, 6) is -3.73. The third-order valence-electron chi connectivity index (χ3n) is 6.58. The van der Waals surface area contributed by atoms with E-state index in [4.69, 9.17) is 11.6 Å². The SMILES string of the molecule is CCC1=C(O)C(CC)(CC)C(=O)C(C(=O)C2C[C@@H]2c2ccc(Cl)cc2C(F)(F)F)=C1O. The lowest BCUT2D eigenvalue weighted by molar-refractivity contribution is -0.138. The van der Waals surface area contributed by atoms with Gasteiger partial charge in [-0.3, -0.25) is 9.59 Å². The highest BCUT2D eigenvalue weighted by Crippen LogP contribution is 2.54. The molecule has 0 bridgehead atoms. The van der Waals surface area contributed by atoms with Gasteiger partial charge in [0.05, 0.1) is 11.0 Å². The predicted octanol–water partition coefficient (Wildman–Crippen LogP) is 6.45. The molecule has 31 heavy (non-hydrogen) atoms. The normalized spacial score (nSPS) is 23.4. The molecule has 0 radical (unpaired) electrons. The number of carbonyl (C=O) groups is 2. The minimum atomic E-state index is -4.64. The molecule has 0 amide bonds. The Balaban J connectivity index is 2.02. The Bertz CT molecular complexity index is 1000. The summed E-state index contributed by atoms with van der Waals surface area (Å²) < 4.78 is 40.4. The fourth-order valence-corrected chi connectivity index (χ4v) is 4.76. The number of hydrogen-bond donors (Lipinski definition) is 2. The van der Waals surface area contributed by atoms with Crippen molar-refractivity contribution in [2.75, 3.05) is 0 Å². The van der Waals surface area contributed by atoms with Crippen LogP contribution in [0.2, 0.25) is 5.02 Å². The van der Waals surface area contributed by atoms with Crippen LogP contribution in [-0.2, 0) is 15.8 Å². The number of ketones is 2. The molecule has 2 atom stereocenters. The molecule has 1 unspecified atom stereocenters. The lowest BCUT2D eigenvalue weighted by Gasteiger charge is -2.35. The smallest absolute Gasteiger partial charge is 0.416 e. The zero-order valence-electron chi connectivity index (χ0n) is 17.4. The number of rotatable bonds is 6. The van der Waals surface area contributed by atoms with Crippen LogP contribution in [0.3, 0.4) is 0 Å². The maximum Gasteiger partial charge on any atom is 0.416 e.